The number of rotatable bonds is 48. The number of Topliss-reactive ketones (excluding diaryl/α,β-unsaturated/α-hetero) is 1. The topological polar surface area (TPSA) is 80.7 Å². The number of unbranched alkanes of at least 4 members (excludes halogenated alkanes) is 27. The Hall–Kier alpha value is -0.340. The van der Waals surface area contributed by atoms with Crippen LogP contribution >= 0.6 is 35.3 Å². The zero-order chi connectivity index (χ0) is 41.7. The molecule has 0 aliphatic heterocycles. The van der Waals surface area contributed by atoms with E-state index >= 15 is 0 Å². The summed E-state index contributed by atoms with van der Waals surface area (Å²) in [5, 5.41) is 9.94. The van der Waals surface area contributed by atoms with Crippen LogP contribution in [0.5, 0.6) is 0 Å². The highest BCUT2D eigenvalue weighted by Gasteiger charge is 2.23. The normalized spacial score (nSPS) is 12.5. The second kappa shape index (κ2) is 46.7. The molecule has 0 spiro atoms. The maximum absolute atomic E-state index is 13.3. The first-order valence-electron chi connectivity index (χ1n) is 24.6. The van der Waals surface area contributed by atoms with Gasteiger partial charge in [0.15, 0.2) is 5.78 Å². The summed E-state index contributed by atoms with van der Waals surface area (Å²) in [5.74, 6) is 3.60. The van der Waals surface area contributed by atoms with Gasteiger partial charge in [-0.3, -0.25) is 14.4 Å². The van der Waals surface area contributed by atoms with Crippen LogP contribution in [0.1, 0.15) is 239 Å². The molecule has 0 heterocycles. The molecule has 0 radical (unpaired) electrons. The van der Waals surface area contributed by atoms with Gasteiger partial charge in [0.25, 0.3) is 0 Å². The third-order valence-electron chi connectivity index (χ3n) is 11.3. The quantitative estimate of drug-likeness (QED) is 0.0479. The Kier molecular flexibility index (Phi) is 46.4. The summed E-state index contributed by atoms with van der Waals surface area (Å²) in [4.78, 5) is 38.0. The minimum absolute atomic E-state index is 0.000986. The highest BCUT2D eigenvalue weighted by Crippen LogP contribution is 2.24. The zero-order valence-electron chi connectivity index (χ0n) is 38.0. The lowest BCUT2D eigenvalue weighted by Gasteiger charge is -2.17. The summed E-state index contributed by atoms with van der Waals surface area (Å²) < 4.78 is 5.61. The van der Waals surface area contributed by atoms with Gasteiger partial charge in [-0.1, -0.05) is 201 Å². The van der Waals surface area contributed by atoms with Gasteiger partial charge in [-0.2, -0.15) is 35.3 Å². The van der Waals surface area contributed by atoms with Crippen LogP contribution in [-0.4, -0.2) is 64.0 Å². The van der Waals surface area contributed by atoms with Crippen molar-refractivity contribution in [2.45, 2.75) is 239 Å². The third kappa shape index (κ3) is 42.2. The Morgan fingerprint density at radius 1 is 0.421 bits per heavy atom. The molecule has 0 aromatic rings. The van der Waals surface area contributed by atoms with E-state index < -0.39 is 5.97 Å². The molecule has 0 aliphatic carbocycles. The summed E-state index contributed by atoms with van der Waals surface area (Å²) in [6.07, 6.45) is 41.9. The molecule has 8 heteroatoms. The number of hydrogen-bond acceptors (Lipinski definition) is 7. The van der Waals surface area contributed by atoms with E-state index in [2.05, 4.69) is 20.8 Å². The Morgan fingerprint density at radius 2 is 0.754 bits per heavy atom. The maximum Gasteiger partial charge on any atom is 0.310 e. The first-order valence-corrected chi connectivity index (χ1v) is 28.1. The van der Waals surface area contributed by atoms with Crippen molar-refractivity contribution in [3.63, 3.8) is 0 Å². The highest BCUT2D eigenvalue weighted by molar-refractivity contribution is 7.99. The predicted molar refractivity (Wildman–Crippen MR) is 257 cm³/mol. The number of thioether (sulfide) groups is 3. The van der Waals surface area contributed by atoms with Crippen LogP contribution < -0.4 is 0 Å². The van der Waals surface area contributed by atoms with Crippen molar-refractivity contribution in [1.29, 1.82) is 0 Å². The second-order valence-corrected chi connectivity index (χ2v) is 20.4. The van der Waals surface area contributed by atoms with E-state index in [0.717, 1.165) is 35.9 Å². The number of ketones is 1. The van der Waals surface area contributed by atoms with Crippen molar-refractivity contribution in [2.24, 2.45) is 11.8 Å². The largest absolute Gasteiger partial charge is 0.481 e. The van der Waals surface area contributed by atoms with Crippen molar-refractivity contribution >= 4 is 53.0 Å². The van der Waals surface area contributed by atoms with E-state index in [9.17, 15) is 19.5 Å². The van der Waals surface area contributed by atoms with Gasteiger partial charge >= 0.3 is 11.9 Å². The van der Waals surface area contributed by atoms with Gasteiger partial charge in [0.05, 0.1) is 11.8 Å². The van der Waals surface area contributed by atoms with Gasteiger partial charge in [0, 0.05) is 23.7 Å². The highest BCUT2D eigenvalue weighted by atomic mass is 32.2. The molecule has 0 saturated carbocycles. The summed E-state index contributed by atoms with van der Waals surface area (Å²) in [6.45, 7) is 6.66. The Bertz CT molecular complexity index is 872. The minimum atomic E-state index is -0.725. The van der Waals surface area contributed by atoms with Crippen molar-refractivity contribution < 1.29 is 24.2 Å². The average molecular weight is 859 g/mol. The summed E-state index contributed by atoms with van der Waals surface area (Å²) in [7, 11) is 0. The van der Waals surface area contributed by atoms with Gasteiger partial charge < -0.3 is 9.84 Å². The van der Waals surface area contributed by atoms with Crippen molar-refractivity contribution in [2.75, 3.05) is 41.1 Å². The molecular formula is C49H94O5S3. The molecule has 0 amide bonds. The number of carboxylic acid groups (broad SMARTS) is 1. The molecule has 57 heavy (non-hydrogen) atoms. The summed E-state index contributed by atoms with van der Waals surface area (Å²) in [5.41, 5.74) is 0. The first-order chi connectivity index (χ1) is 28.0. The van der Waals surface area contributed by atoms with Gasteiger partial charge in [-0.05, 0) is 49.4 Å². The molecule has 0 rings (SSSR count). The number of hydrogen-bond donors (Lipinski definition) is 1. The Morgan fingerprint density at radius 3 is 1.14 bits per heavy atom. The average Bonchev–Trinajstić information content (AvgIpc) is 3.20. The molecule has 0 aromatic carbocycles. The van der Waals surface area contributed by atoms with Crippen LogP contribution in [0.3, 0.4) is 0 Å². The fraction of sp³-hybridized carbons (Fsp3) is 0.939. The lowest BCUT2D eigenvalue weighted by Crippen LogP contribution is -2.24. The maximum atomic E-state index is 13.3. The van der Waals surface area contributed by atoms with Gasteiger partial charge in [0.2, 0.25) is 0 Å². The third-order valence-corrected chi connectivity index (χ3v) is 14.8. The fourth-order valence-electron chi connectivity index (χ4n) is 7.31. The standard InChI is InChI=1S/C49H94O5S3/c1-4-7-10-13-16-19-22-25-28-31-38-55-41-37-47(50)42-54-49(53)46(44-57-40-33-30-27-24-21-18-15-12-9-6-3)36-34-35-45(48(51)52)43-56-39-32-29-26-23-20-17-14-11-8-5-2/h45-46H,4-44H2,1-3H3,(H,51,52). The summed E-state index contributed by atoms with van der Waals surface area (Å²) >= 11 is 5.43. The number of carboxylic acids is 1. The van der Waals surface area contributed by atoms with E-state index in [1.165, 1.54) is 180 Å². The monoisotopic (exact) mass is 859 g/mol. The van der Waals surface area contributed by atoms with E-state index in [-0.39, 0.29) is 30.2 Å². The van der Waals surface area contributed by atoms with Crippen molar-refractivity contribution in [3.8, 4) is 0 Å². The molecule has 0 bridgehead atoms. The molecule has 2 unspecified atom stereocenters. The smallest absolute Gasteiger partial charge is 0.310 e. The van der Waals surface area contributed by atoms with Crippen LogP contribution in [0.15, 0.2) is 0 Å². The van der Waals surface area contributed by atoms with Gasteiger partial charge in [-0.15, -0.1) is 0 Å². The molecular weight excluding hydrogens is 765 g/mol. The van der Waals surface area contributed by atoms with E-state index in [4.69, 9.17) is 4.74 Å². The molecule has 338 valence electrons. The van der Waals surface area contributed by atoms with Crippen LogP contribution in [0, 0.1) is 11.8 Å². The molecule has 1 N–H and O–H groups in total. The number of ether oxygens (including phenoxy) is 1. The first kappa shape index (κ1) is 56.7. The Balaban J connectivity index is 4.48. The fourth-order valence-corrected chi connectivity index (χ4v) is 10.6. The van der Waals surface area contributed by atoms with E-state index in [1.807, 2.05) is 23.5 Å². The van der Waals surface area contributed by atoms with Crippen LogP contribution in [0.2, 0.25) is 0 Å². The van der Waals surface area contributed by atoms with E-state index in [0.29, 0.717) is 37.2 Å². The Labute approximate surface area is 367 Å². The molecule has 2 atom stereocenters. The van der Waals surface area contributed by atoms with E-state index in [1.54, 1.807) is 11.8 Å². The number of carbonyl (C=O) groups is 3. The SMILES string of the molecule is CCCCCCCCCCCCSCCC(=O)COC(=O)C(CCCC(CSCCCCCCCCCCCC)C(=O)O)CSCCCCCCCCCCCC. The van der Waals surface area contributed by atoms with Gasteiger partial charge in [-0.25, -0.2) is 0 Å². The van der Waals surface area contributed by atoms with Crippen molar-refractivity contribution in [1.82, 2.24) is 0 Å². The molecule has 0 saturated heterocycles. The number of aliphatic carboxylic acids is 1. The van der Waals surface area contributed by atoms with Crippen molar-refractivity contribution in [3.05, 3.63) is 0 Å². The molecule has 0 fully saturated rings. The molecule has 0 aromatic heterocycles. The van der Waals surface area contributed by atoms with Crippen LogP contribution in [0.4, 0.5) is 0 Å². The van der Waals surface area contributed by atoms with Crippen LogP contribution in [0.25, 0.3) is 0 Å². The summed E-state index contributed by atoms with van der Waals surface area (Å²) in [6, 6.07) is 0. The predicted octanol–water partition coefficient (Wildman–Crippen LogP) is 15.9. The lowest BCUT2D eigenvalue weighted by atomic mass is 9.98. The van der Waals surface area contributed by atoms with Gasteiger partial charge in [0.1, 0.15) is 6.61 Å². The molecule has 5 nitrogen and oxygen atoms in total. The van der Waals surface area contributed by atoms with Crippen LogP contribution in [-0.2, 0) is 19.1 Å². The minimum Gasteiger partial charge on any atom is -0.481 e. The molecule has 0 aliphatic rings. The lowest BCUT2D eigenvalue weighted by molar-refractivity contribution is -0.151. The second-order valence-electron chi connectivity index (χ2n) is 16.9. The number of esters is 1. The number of carbonyl (C=O) groups excluding carboxylic acids is 2. The zero-order valence-corrected chi connectivity index (χ0v) is 40.4.